The molecule has 21 heavy (non-hydrogen) atoms. The minimum atomic E-state index is -0.407. The fourth-order valence-electron chi connectivity index (χ4n) is 3.77. The fraction of sp³-hybridized carbons (Fsp3) is 0.706. The number of nitrogens with one attached hydrogen (secondary N) is 1. The van der Waals surface area contributed by atoms with E-state index in [1.807, 2.05) is 0 Å². The van der Waals surface area contributed by atoms with Gasteiger partial charge in [0.1, 0.15) is 6.17 Å². The van der Waals surface area contributed by atoms with Gasteiger partial charge in [-0.05, 0) is 43.6 Å². The monoisotopic (exact) mass is 306 g/mol. The zero-order valence-electron chi connectivity index (χ0n) is 13.3. The molecule has 1 aliphatic carbocycles. The Bertz CT molecular complexity index is 501. The highest BCUT2D eigenvalue weighted by Crippen LogP contribution is 2.40. The summed E-state index contributed by atoms with van der Waals surface area (Å²) in [5, 5.41) is 5.72. The van der Waals surface area contributed by atoms with Crippen LogP contribution in [0.25, 0.3) is 0 Å². The van der Waals surface area contributed by atoms with Crippen molar-refractivity contribution in [1.82, 2.24) is 10.2 Å². The van der Waals surface area contributed by atoms with Gasteiger partial charge in [0.25, 0.3) is 0 Å². The Morgan fingerprint density at radius 1 is 1.48 bits per heavy atom. The molecule has 1 aromatic rings. The van der Waals surface area contributed by atoms with Gasteiger partial charge in [0.15, 0.2) is 0 Å². The standard InChI is InChI=1S/C17H26N2OS/c1-4-17(3)16(20)19(13-8-5-7-12(2)11-13)15(18-17)14-9-6-10-21-14/h6,9-10,12-13,15,18H,4-5,7-8,11H2,1-3H3. The Kier molecular flexibility index (Phi) is 4.10. The average molecular weight is 306 g/mol. The van der Waals surface area contributed by atoms with E-state index in [4.69, 9.17) is 0 Å². The van der Waals surface area contributed by atoms with E-state index in [0.29, 0.717) is 11.9 Å². The minimum absolute atomic E-state index is 0.0674. The number of thiophene rings is 1. The first kappa shape index (κ1) is 15.0. The summed E-state index contributed by atoms with van der Waals surface area (Å²) in [6.45, 7) is 6.48. The molecule has 1 amide bonds. The fourth-order valence-corrected chi connectivity index (χ4v) is 4.55. The van der Waals surface area contributed by atoms with Crippen molar-refractivity contribution in [3.8, 4) is 0 Å². The van der Waals surface area contributed by atoms with Crippen LogP contribution in [0.2, 0.25) is 0 Å². The molecule has 2 fully saturated rings. The summed E-state index contributed by atoms with van der Waals surface area (Å²) in [7, 11) is 0. The predicted molar refractivity (Wildman–Crippen MR) is 87.2 cm³/mol. The Balaban J connectivity index is 1.91. The van der Waals surface area contributed by atoms with Crippen molar-refractivity contribution in [3.05, 3.63) is 22.4 Å². The molecule has 1 N–H and O–H groups in total. The molecule has 4 heteroatoms. The van der Waals surface area contributed by atoms with Gasteiger partial charge in [-0.15, -0.1) is 11.3 Å². The van der Waals surface area contributed by atoms with Crippen LogP contribution in [-0.4, -0.2) is 22.4 Å². The summed E-state index contributed by atoms with van der Waals surface area (Å²) >= 11 is 1.75. The topological polar surface area (TPSA) is 32.3 Å². The zero-order chi connectivity index (χ0) is 15.0. The molecule has 0 spiro atoms. The molecule has 1 saturated heterocycles. The van der Waals surface area contributed by atoms with Crippen molar-refractivity contribution >= 4 is 17.2 Å². The van der Waals surface area contributed by atoms with Crippen LogP contribution < -0.4 is 5.32 Å². The number of carbonyl (C=O) groups excluding carboxylic acids is 1. The van der Waals surface area contributed by atoms with Gasteiger partial charge in [-0.3, -0.25) is 10.1 Å². The highest BCUT2D eigenvalue weighted by molar-refractivity contribution is 7.10. The van der Waals surface area contributed by atoms with Crippen molar-refractivity contribution in [3.63, 3.8) is 0 Å². The van der Waals surface area contributed by atoms with Crippen LogP contribution in [0.15, 0.2) is 17.5 Å². The maximum Gasteiger partial charge on any atom is 0.244 e. The van der Waals surface area contributed by atoms with Gasteiger partial charge in [-0.1, -0.05) is 32.8 Å². The third kappa shape index (κ3) is 2.64. The molecule has 2 heterocycles. The smallest absolute Gasteiger partial charge is 0.244 e. The number of amides is 1. The first-order valence-electron chi connectivity index (χ1n) is 8.19. The van der Waals surface area contributed by atoms with Crippen LogP contribution in [0.3, 0.4) is 0 Å². The Morgan fingerprint density at radius 2 is 2.29 bits per heavy atom. The summed E-state index contributed by atoms with van der Waals surface area (Å²) in [5.74, 6) is 1.02. The van der Waals surface area contributed by atoms with E-state index < -0.39 is 5.54 Å². The molecule has 1 aliphatic heterocycles. The van der Waals surface area contributed by atoms with Crippen molar-refractivity contribution in [1.29, 1.82) is 0 Å². The van der Waals surface area contributed by atoms with Gasteiger partial charge in [0, 0.05) is 10.9 Å². The largest absolute Gasteiger partial charge is 0.317 e. The van der Waals surface area contributed by atoms with Gasteiger partial charge < -0.3 is 4.90 Å². The van der Waals surface area contributed by atoms with Crippen molar-refractivity contribution in [2.75, 3.05) is 0 Å². The molecular formula is C17H26N2OS. The predicted octanol–water partition coefficient (Wildman–Crippen LogP) is 3.93. The molecule has 3 rings (SSSR count). The lowest BCUT2D eigenvalue weighted by molar-refractivity contribution is -0.136. The molecule has 1 saturated carbocycles. The molecule has 4 atom stereocenters. The van der Waals surface area contributed by atoms with Gasteiger partial charge in [0.2, 0.25) is 5.91 Å². The maximum atomic E-state index is 13.0. The summed E-state index contributed by atoms with van der Waals surface area (Å²) < 4.78 is 0. The first-order chi connectivity index (χ1) is 10.0. The third-order valence-corrected chi connectivity index (χ3v) is 6.19. The summed E-state index contributed by atoms with van der Waals surface area (Å²) in [6, 6.07) is 4.63. The average Bonchev–Trinajstić information content (AvgIpc) is 3.07. The van der Waals surface area contributed by atoms with E-state index in [0.717, 1.165) is 25.2 Å². The first-order valence-corrected chi connectivity index (χ1v) is 9.07. The number of rotatable bonds is 3. The zero-order valence-corrected chi connectivity index (χ0v) is 14.1. The second-order valence-electron chi connectivity index (χ2n) is 6.89. The normalized spacial score (nSPS) is 37.2. The van der Waals surface area contributed by atoms with Gasteiger partial charge >= 0.3 is 0 Å². The summed E-state index contributed by atoms with van der Waals surface area (Å²) in [4.78, 5) is 16.5. The minimum Gasteiger partial charge on any atom is -0.317 e. The van der Waals surface area contributed by atoms with E-state index in [2.05, 4.69) is 48.5 Å². The SMILES string of the molecule is CCC1(C)NC(c2cccs2)N(C2CCCC(C)C2)C1=O. The van der Waals surface area contributed by atoms with Crippen LogP contribution in [0, 0.1) is 5.92 Å². The summed E-state index contributed by atoms with van der Waals surface area (Å²) in [5.41, 5.74) is -0.407. The molecule has 1 aromatic heterocycles. The van der Waals surface area contributed by atoms with E-state index in [9.17, 15) is 4.79 Å². The Labute approximate surface area is 131 Å². The second kappa shape index (κ2) is 5.73. The molecule has 116 valence electrons. The molecule has 3 nitrogen and oxygen atoms in total. The van der Waals surface area contributed by atoms with Gasteiger partial charge in [-0.25, -0.2) is 0 Å². The Morgan fingerprint density at radius 3 is 2.90 bits per heavy atom. The maximum absolute atomic E-state index is 13.0. The molecular weight excluding hydrogens is 280 g/mol. The van der Waals surface area contributed by atoms with E-state index in [-0.39, 0.29) is 6.17 Å². The van der Waals surface area contributed by atoms with E-state index in [1.54, 1.807) is 11.3 Å². The lowest BCUT2D eigenvalue weighted by Gasteiger charge is -2.37. The van der Waals surface area contributed by atoms with Crippen LogP contribution in [0.5, 0.6) is 0 Å². The van der Waals surface area contributed by atoms with Crippen LogP contribution in [0.4, 0.5) is 0 Å². The quantitative estimate of drug-likeness (QED) is 0.918. The molecule has 0 bridgehead atoms. The summed E-state index contributed by atoms with van der Waals surface area (Å²) in [6.07, 6.45) is 5.76. The van der Waals surface area contributed by atoms with E-state index in [1.165, 1.54) is 17.7 Å². The number of hydrogen-bond acceptors (Lipinski definition) is 3. The van der Waals surface area contributed by atoms with Gasteiger partial charge in [-0.2, -0.15) is 0 Å². The van der Waals surface area contributed by atoms with Crippen LogP contribution >= 0.6 is 11.3 Å². The van der Waals surface area contributed by atoms with Crippen molar-refractivity contribution in [2.45, 2.75) is 70.6 Å². The van der Waals surface area contributed by atoms with Gasteiger partial charge in [0.05, 0.1) is 5.54 Å². The number of hydrogen-bond donors (Lipinski definition) is 1. The molecule has 0 radical (unpaired) electrons. The lowest BCUT2D eigenvalue weighted by Crippen LogP contribution is -2.45. The van der Waals surface area contributed by atoms with Crippen LogP contribution in [-0.2, 0) is 4.79 Å². The molecule has 4 unspecified atom stereocenters. The Hall–Kier alpha value is -0.870. The van der Waals surface area contributed by atoms with Crippen molar-refractivity contribution < 1.29 is 4.79 Å². The highest BCUT2D eigenvalue weighted by atomic mass is 32.1. The molecule has 2 aliphatic rings. The van der Waals surface area contributed by atoms with Crippen molar-refractivity contribution in [2.24, 2.45) is 5.92 Å². The number of nitrogens with zero attached hydrogens (tertiary/aromatic N) is 1. The highest BCUT2D eigenvalue weighted by Gasteiger charge is 2.50. The lowest BCUT2D eigenvalue weighted by atomic mass is 9.85. The third-order valence-electron chi connectivity index (χ3n) is 5.26. The van der Waals surface area contributed by atoms with E-state index >= 15 is 0 Å². The molecule has 0 aromatic carbocycles. The van der Waals surface area contributed by atoms with Crippen LogP contribution in [0.1, 0.15) is 63.9 Å². The number of carbonyl (C=O) groups is 1. The second-order valence-corrected chi connectivity index (χ2v) is 7.87.